The molecule has 0 bridgehead atoms. The Labute approximate surface area is 257 Å². The smallest absolute Gasteiger partial charge is 0.736 e. The maximum Gasteiger partial charge on any atom is 1.00 e. The standard InChI is InChI=1S/C32H33O6P.Na/c1-22(2)32(33)36-20-10-6-4-3-5-7-11-23-14-17-27-25(21-23)16-19-29-31(27)30-26-13-9-8-12-24(26)15-18-28(30)37-39(34,35)38-29;/h8-9,12-19,21H,1,3-7,10-11,20H2,2H3,(H,34,35);/q;+1/p-1. The summed E-state index contributed by atoms with van der Waals surface area (Å²) < 4.78 is 28.5. The van der Waals surface area contributed by atoms with Crippen LogP contribution in [0.4, 0.5) is 0 Å². The fourth-order valence-electron chi connectivity index (χ4n) is 5.12. The molecule has 40 heavy (non-hydrogen) atoms. The van der Waals surface area contributed by atoms with Crippen LogP contribution in [0.2, 0.25) is 0 Å². The number of hydrogen-bond donors (Lipinski definition) is 0. The Hall–Kier alpha value is -2.60. The van der Waals surface area contributed by atoms with Crippen LogP contribution in [-0.4, -0.2) is 12.6 Å². The van der Waals surface area contributed by atoms with Crippen molar-refractivity contribution < 1.29 is 57.6 Å². The molecule has 1 aliphatic heterocycles. The topological polar surface area (TPSA) is 84.9 Å². The van der Waals surface area contributed by atoms with Crippen molar-refractivity contribution >= 4 is 35.3 Å². The average Bonchev–Trinajstić information content (AvgIpc) is 3.04. The van der Waals surface area contributed by atoms with Crippen LogP contribution in [0, 0.1) is 0 Å². The maximum atomic E-state index is 12.6. The Balaban J connectivity index is 0.00000370. The Morgan fingerprint density at radius 1 is 0.825 bits per heavy atom. The summed E-state index contributed by atoms with van der Waals surface area (Å²) in [6, 6.07) is 21.4. The minimum atomic E-state index is -4.57. The van der Waals surface area contributed by atoms with Gasteiger partial charge in [-0.15, -0.1) is 0 Å². The number of fused-ring (bicyclic) bond motifs is 7. The van der Waals surface area contributed by atoms with Crippen LogP contribution in [0.1, 0.15) is 51.0 Å². The number of hydrogen-bond acceptors (Lipinski definition) is 6. The molecule has 5 rings (SSSR count). The summed E-state index contributed by atoms with van der Waals surface area (Å²) in [6.45, 7) is 5.70. The van der Waals surface area contributed by atoms with Crippen LogP contribution in [-0.2, 0) is 20.5 Å². The van der Waals surface area contributed by atoms with E-state index in [1.54, 1.807) is 19.1 Å². The van der Waals surface area contributed by atoms with Crippen LogP contribution in [0.3, 0.4) is 0 Å². The molecule has 202 valence electrons. The zero-order valence-corrected chi connectivity index (χ0v) is 26.0. The third kappa shape index (κ3) is 6.99. The zero-order chi connectivity index (χ0) is 27.4. The number of esters is 1. The predicted octanol–water partition coefficient (Wildman–Crippen LogP) is 4.91. The van der Waals surface area contributed by atoms with E-state index in [0.29, 0.717) is 12.2 Å². The SMILES string of the molecule is C=C(C)C(=O)OCCCCCCCCc1ccc2c3c(ccc2c1)OP(=O)([O-])Oc1ccc2ccccc2c1-3.[Na+]. The van der Waals surface area contributed by atoms with Crippen LogP contribution < -0.4 is 43.5 Å². The van der Waals surface area contributed by atoms with Gasteiger partial charge in [0.2, 0.25) is 0 Å². The van der Waals surface area contributed by atoms with Crippen molar-refractivity contribution in [3.05, 3.63) is 84.4 Å². The largest absolute Gasteiger partial charge is 1.00 e. The number of carbonyl (C=O) groups is 1. The van der Waals surface area contributed by atoms with E-state index in [1.807, 2.05) is 36.4 Å². The van der Waals surface area contributed by atoms with Gasteiger partial charge in [-0.3, -0.25) is 0 Å². The molecule has 4 aromatic carbocycles. The second kappa shape index (κ2) is 13.4. The quantitative estimate of drug-likeness (QED) is 0.0892. The Kier molecular flexibility index (Phi) is 10.2. The van der Waals surface area contributed by atoms with Crippen LogP contribution in [0.15, 0.2) is 78.9 Å². The van der Waals surface area contributed by atoms with Gasteiger partial charge in [-0.1, -0.05) is 86.9 Å². The third-order valence-corrected chi connectivity index (χ3v) is 7.89. The fourth-order valence-corrected chi connectivity index (χ4v) is 5.94. The second-order valence-electron chi connectivity index (χ2n) is 10.1. The average molecular weight is 567 g/mol. The number of phosphoric acid groups is 1. The molecule has 1 atom stereocenters. The van der Waals surface area contributed by atoms with Gasteiger partial charge in [0.25, 0.3) is 0 Å². The Bertz CT molecular complexity index is 1600. The van der Waals surface area contributed by atoms with Gasteiger partial charge in [-0.2, -0.15) is 0 Å². The van der Waals surface area contributed by atoms with E-state index in [-0.39, 0.29) is 47.0 Å². The molecule has 0 aromatic heterocycles. The molecule has 0 amide bonds. The molecule has 1 aliphatic rings. The molecule has 4 aromatic rings. The number of phosphoric ester groups is 1. The first kappa shape index (κ1) is 30.4. The Morgan fingerprint density at radius 3 is 2.12 bits per heavy atom. The number of rotatable bonds is 10. The van der Waals surface area contributed by atoms with E-state index in [4.69, 9.17) is 13.8 Å². The molecule has 1 heterocycles. The molecule has 0 saturated carbocycles. The molecular formula is C32H32NaO6P. The third-order valence-electron chi connectivity index (χ3n) is 7.05. The summed E-state index contributed by atoms with van der Waals surface area (Å²) >= 11 is 0. The summed E-state index contributed by atoms with van der Waals surface area (Å²) in [7, 11) is -4.57. The molecule has 6 nitrogen and oxygen atoms in total. The minimum absolute atomic E-state index is 0. The molecular weight excluding hydrogens is 534 g/mol. The van der Waals surface area contributed by atoms with Crippen molar-refractivity contribution in [3.63, 3.8) is 0 Å². The first-order valence-corrected chi connectivity index (χ1v) is 14.9. The van der Waals surface area contributed by atoms with Crippen molar-refractivity contribution in [1.29, 1.82) is 0 Å². The van der Waals surface area contributed by atoms with Gasteiger partial charge in [-0.05, 0) is 65.4 Å². The number of benzene rings is 4. The molecule has 0 saturated heterocycles. The minimum Gasteiger partial charge on any atom is -0.736 e. The normalized spacial score (nSPS) is 15.7. The molecule has 0 fully saturated rings. The predicted molar refractivity (Wildman–Crippen MR) is 153 cm³/mol. The number of carbonyl (C=O) groups excluding carboxylic acids is 1. The van der Waals surface area contributed by atoms with Crippen LogP contribution in [0.25, 0.3) is 32.7 Å². The van der Waals surface area contributed by atoms with E-state index in [2.05, 4.69) is 24.8 Å². The summed E-state index contributed by atoms with van der Waals surface area (Å²) in [6.07, 6.45) is 7.38. The van der Waals surface area contributed by atoms with Crippen LogP contribution in [0.5, 0.6) is 11.5 Å². The second-order valence-corrected chi connectivity index (χ2v) is 11.3. The number of aryl methyl sites for hydroxylation is 1. The van der Waals surface area contributed by atoms with Crippen molar-refractivity contribution in [2.75, 3.05) is 6.61 Å². The molecule has 0 radical (unpaired) electrons. The molecule has 0 aliphatic carbocycles. The maximum absolute atomic E-state index is 12.6. The number of unbranched alkanes of at least 4 members (excludes halogenated alkanes) is 5. The number of ether oxygens (including phenoxy) is 1. The van der Waals surface area contributed by atoms with Crippen molar-refractivity contribution in [2.24, 2.45) is 0 Å². The van der Waals surface area contributed by atoms with E-state index in [0.717, 1.165) is 77.6 Å². The summed E-state index contributed by atoms with van der Waals surface area (Å²) in [5, 5.41) is 3.86. The van der Waals surface area contributed by atoms with Gasteiger partial charge in [0, 0.05) is 16.7 Å². The summed E-state index contributed by atoms with van der Waals surface area (Å²) in [5.74, 6) is 0.236. The van der Waals surface area contributed by atoms with Gasteiger partial charge in [0.15, 0.2) is 0 Å². The van der Waals surface area contributed by atoms with Gasteiger partial charge in [0.1, 0.15) is 11.5 Å². The van der Waals surface area contributed by atoms with E-state index < -0.39 is 7.82 Å². The van der Waals surface area contributed by atoms with E-state index >= 15 is 0 Å². The van der Waals surface area contributed by atoms with Gasteiger partial charge < -0.3 is 18.7 Å². The van der Waals surface area contributed by atoms with Crippen molar-refractivity contribution in [2.45, 2.75) is 51.9 Å². The molecule has 1 unspecified atom stereocenters. The fraction of sp³-hybridized carbons (Fsp3) is 0.281. The Morgan fingerprint density at radius 2 is 1.43 bits per heavy atom. The van der Waals surface area contributed by atoms with Crippen molar-refractivity contribution in [1.82, 2.24) is 0 Å². The van der Waals surface area contributed by atoms with Gasteiger partial charge in [0.05, 0.1) is 6.61 Å². The molecule has 0 N–H and O–H groups in total. The zero-order valence-electron chi connectivity index (χ0n) is 23.1. The monoisotopic (exact) mass is 566 g/mol. The first-order valence-electron chi connectivity index (χ1n) is 13.4. The summed E-state index contributed by atoms with van der Waals surface area (Å²) in [5.41, 5.74) is 3.14. The van der Waals surface area contributed by atoms with E-state index in [1.165, 1.54) is 5.56 Å². The van der Waals surface area contributed by atoms with E-state index in [9.17, 15) is 14.3 Å². The van der Waals surface area contributed by atoms with Gasteiger partial charge >= 0.3 is 43.3 Å². The molecule has 8 heteroatoms. The van der Waals surface area contributed by atoms with Crippen LogP contribution >= 0.6 is 7.82 Å². The first-order chi connectivity index (χ1) is 18.8. The van der Waals surface area contributed by atoms with Gasteiger partial charge in [-0.25, -0.2) is 9.36 Å². The van der Waals surface area contributed by atoms with Crippen molar-refractivity contribution in [3.8, 4) is 22.6 Å². The summed E-state index contributed by atoms with van der Waals surface area (Å²) in [4.78, 5) is 24.0. The molecule has 0 spiro atoms.